The van der Waals surface area contributed by atoms with E-state index in [9.17, 15) is 13.2 Å². The van der Waals surface area contributed by atoms with Crippen molar-refractivity contribution in [3.05, 3.63) is 59.3 Å². The van der Waals surface area contributed by atoms with Gasteiger partial charge in [0.1, 0.15) is 11.2 Å². The molecule has 0 spiro atoms. The minimum atomic E-state index is -3.72. The highest BCUT2D eigenvalue weighted by Gasteiger charge is 2.20. The molecule has 1 N–H and O–H groups in total. The van der Waals surface area contributed by atoms with E-state index in [-0.39, 0.29) is 9.79 Å². The molecule has 0 aliphatic rings. The predicted molar refractivity (Wildman–Crippen MR) is 111 cm³/mol. The van der Waals surface area contributed by atoms with Crippen LogP contribution >= 0.6 is 11.6 Å². The predicted octanol–water partition coefficient (Wildman–Crippen LogP) is 4.99. The van der Waals surface area contributed by atoms with Crippen molar-refractivity contribution in [3.8, 4) is 0 Å². The molecular formula is C21H22ClNO5S. The molecule has 0 fully saturated rings. The molecule has 0 unspecified atom stereocenters. The first-order valence-corrected chi connectivity index (χ1v) is 10.9. The Bertz CT molecular complexity index is 1150. The van der Waals surface area contributed by atoms with Gasteiger partial charge in [-0.05, 0) is 69.2 Å². The summed E-state index contributed by atoms with van der Waals surface area (Å²) in [4.78, 5) is 12.0. The van der Waals surface area contributed by atoms with Gasteiger partial charge in [-0.15, -0.1) is 0 Å². The minimum absolute atomic E-state index is 0.126. The molecule has 0 bridgehead atoms. The van der Waals surface area contributed by atoms with Gasteiger partial charge in [0.15, 0.2) is 0 Å². The summed E-state index contributed by atoms with van der Waals surface area (Å²) in [7, 11) is -3.72. The summed E-state index contributed by atoms with van der Waals surface area (Å²) in [5.41, 5.74) is 0.789. The van der Waals surface area contributed by atoms with Gasteiger partial charge in [0, 0.05) is 17.0 Å². The van der Waals surface area contributed by atoms with Gasteiger partial charge in [-0.1, -0.05) is 17.7 Å². The monoisotopic (exact) mass is 435 g/mol. The van der Waals surface area contributed by atoms with Gasteiger partial charge in [-0.2, -0.15) is 0 Å². The molecule has 1 heterocycles. The fraction of sp³-hybridized carbons (Fsp3) is 0.286. The topological polar surface area (TPSA) is 85.6 Å². The molecular weight excluding hydrogens is 414 g/mol. The Morgan fingerprint density at radius 1 is 1.14 bits per heavy atom. The van der Waals surface area contributed by atoms with E-state index in [1.807, 2.05) is 0 Å². The minimum Gasteiger partial charge on any atom is -0.464 e. The summed E-state index contributed by atoms with van der Waals surface area (Å²) in [5, 5.41) is 3.71. The maximum atomic E-state index is 12.9. The van der Waals surface area contributed by atoms with Crippen molar-refractivity contribution in [2.45, 2.75) is 42.6 Å². The zero-order valence-corrected chi connectivity index (χ0v) is 17.9. The van der Waals surface area contributed by atoms with Gasteiger partial charge in [-0.3, -0.25) is 0 Å². The van der Waals surface area contributed by atoms with Crippen LogP contribution in [0.5, 0.6) is 0 Å². The first-order valence-electron chi connectivity index (χ1n) is 9.04. The number of rotatable bonds is 5. The van der Waals surface area contributed by atoms with Crippen LogP contribution in [0.25, 0.3) is 11.0 Å². The van der Waals surface area contributed by atoms with Crippen LogP contribution in [0.2, 0.25) is 5.02 Å². The van der Waals surface area contributed by atoms with Gasteiger partial charge in [0.25, 0.3) is 0 Å². The van der Waals surface area contributed by atoms with Crippen molar-refractivity contribution >= 4 is 38.5 Å². The van der Waals surface area contributed by atoms with E-state index < -0.39 is 21.5 Å². The zero-order valence-electron chi connectivity index (χ0n) is 16.4. The lowest BCUT2D eigenvalue weighted by Crippen LogP contribution is -2.33. The third-order valence-electron chi connectivity index (χ3n) is 4.10. The van der Waals surface area contributed by atoms with Crippen LogP contribution < -0.4 is 5.32 Å². The van der Waals surface area contributed by atoms with E-state index in [2.05, 4.69) is 5.32 Å². The molecule has 1 aromatic heterocycles. The number of nitrogens with one attached hydrogen (secondary N) is 1. The van der Waals surface area contributed by atoms with Crippen molar-refractivity contribution < 1.29 is 22.4 Å². The van der Waals surface area contributed by atoms with E-state index in [1.54, 1.807) is 51.3 Å². The Hall–Kier alpha value is -2.51. The second kappa shape index (κ2) is 8.08. The fourth-order valence-corrected chi connectivity index (χ4v) is 4.39. The standard InChI is InChI=1S/C21H22ClNO5S/c1-21(2,3)28-20(24)23-10-9-14-13-27-19-8-7-17(12-18(14)19)29(25,26)16-6-4-5-15(22)11-16/h4-8,11-13H,9-10H2,1-3H3,(H,23,24). The largest absolute Gasteiger partial charge is 0.464 e. The SMILES string of the molecule is CC(C)(C)OC(=O)NCCc1coc2ccc(S(=O)(=O)c3cccc(Cl)c3)cc12. The molecule has 6 nitrogen and oxygen atoms in total. The average Bonchev–Trinajstić information content (AvgIpc) is 3.02. The number of carbonyl (C=O) groups is 1. The van der Waals surface area contributed by atoms with Crippen LogP contribution in [-0.4, -0.2) is 26.7 Å². The van der Waals surface area contributed by atoms with Crippen LogP contribution in [0.3, 0.4) is 0 Å². The smallest absolute Gasteiger partial charge is 0.407 e. The van der Waals surface area contributed by atoms with E-state index >= 15 is 0 Å². The molecule has 0 saturated carbocycles. The molecule has 0 aliphatic heterocycles. The Morgan fingerprint density at radius 2 is 1.86 bits per heavy atom. The third kappa shape index (κ3) is 5.10. The van der Waals surface area contributed by atoms with Crippen LogP contribution in [0, 0.1) is 0 Å². The fourth-order valence-electron chi connectivity index (χ4n) is 2.81. The van der Waals surface area contributed by atoms with Crippen LogP contribution in [0.15, 0.2) is 62.9 Å². The molecule has 29 heavy (non-hydrogen) atoms. The lowest BCUT2D eigenvalue weighted by atomic mass is 10.1. The summed E-state index contributed by atoms with van der Waals surface area (Å²) in [6.07, 6.45) is 1.53. The van der Waals surface area contributed by atoms with Crippen molar-refractivity contribution in [2.75, 3.05) is 6.54 Å². The maximum absolute atomic E-state index is 12.9. The van der Waals surface area contributed by atoms with Gasteiger partial charge < -0.3 is 14.5 Å². The van der Waals surface area contributed by atoms with Crippen molar-refractivity contribution in [2.24, 2.45) is 0 Å². The number of amides is 1. The molecule has 0 aliphatic carbocycles. The third-order valence-corrected chi connectivity index (χ3v) is 6.09. The van der Waals surface area contributed by atoms with E-state index in [4.69, 9.17) is 20.8 Å². The Balaban J connectivity index is 1.81. The first kappa shape index (κ1) is 21.2. The van der Waals surface area contributed by atoms with Crippen LogP contribution in [0.1, 0.15) is 26.3 Å². The number of hydrogen-bond acceptors (Lipinski definition) is 5. The molecule has 0 atom stereocenters. The number of sulfone groups is 1. The number of furan rings is 1. The zero-order chi connectivity index (χ0) is 21.2. The number of alkyl carbamates (subject to hydrolysis) is 1. The van der Waals surface area contributed by atoms with Gasteiger partial charge in [-0.25, -0.2) is 13.2 Å². The molecule has 2 aromatic carbocycles. The van der Waals surface area contributed by atoms with Crippen molar-refractivity contribution in [1.29, 1.82) is 0 Å². The van der Waals surface area contributed by atoms with E-state index in [0.717, 1.165) is 5.56 Å². The van der Waals surface area contributed by atoms with Crippen LogP contribution in [0.4, 0.5) is 4.79 Å². The van der Waals surface area contributed by atoms with Gasteiger partial charge >= 0.3 is 6.09 Å². The first-order chi connectivity index (χ1) is 13.6. The number of hydrogen-bond donors (Lipinski definition) is 1. The lowest BCUT2D eigenvalue weighted by molar-refractivity contribution is 0.0528. The highest BCUT2D eigenvalue weighted by atomic mass is 35.5. The highest BCUT2D eigenvalue weighted by Crippen LogP contribution is 2.29. The number of halogens is 1. The second-order valence-electron chi connectivity index (χ2n) is 7.56. The number of fused-ring (bicyclic) bond motifs is 1. The lowest BCUT2D eigenvalue weighted by Gasteiger charge is -2.19. The summed E-state index contributed by atoms with van der Waals surface area (Å²) < 4.78 is 36.6. The van der Waals surface area contributed by atoms with Gasteiger partial charge in [0.05, 0.1) is 16.1 Å². The molecule has 0 saturated heterocycles. The Kier molecular flexibility index (Phi) is 5.91. The maximum Gasteiger partial charge on any atom is 0.407 e. The van der Waals surface area contributed by atoms with Crippen molar-refractivity contribution in [1.82, 2.24) is 5.32 Å². The molecule has 3 rings (SSSR count). The molecule has 0 radical (unpaired) electrons. The summed E-state index contributed by atoms with van der Waals surface area (Å²) in [6.45, 7) is 5.70. The molecule has 8 heteroatoms. The summed E-state index contributed by atoms with van der Waals surface area (Å²) in [6, 6.07) is 10.9. The second-order valence-corrected chi connectivity index (χ2v) is 9.94. The van der Waals surface area contributed by atoms with E-state index in [0.29, 0.717) is 29.0 Å². The van der Waals surface area contributed by atoms with Gasteiger partial charge in [0.2, 0.25) is 9.84 Å². The normalized spacial score (nSPS) is 12.1. The summed E-state index contributed by atoms with van der Waals surface area (Å²) in [5.74, 6) is 0. The Labute approximate surface area is 174 Å². The quantitative estimate of drug-likeness (QED) is 0.610. The molecule has 1 amide bonds. The van der Waals surface area contributed by atoms with Crippen LogP contribution in [-0.2, 0) is 21.0 Å². The average molecular weight is 436 g/mol. The summed E-state index contributed by atoms with van der Waals surface area (Å²) >= 11 is 5.94. The number of carbonyl (C=O) groups excluding carboxylic acids is 1. The van der Waals surface area contributed by atoms with Crippen molar-refractivity contribution in [3.63, 3.8) is 0 Å². The number of benzene rings is 2. The molecule has 154 valence electrons. The van der Waals surface area contributed by atoms with E-state index in [1.165, 1.54) is 18.2 Å². The molecule has 3 aromatic rings. The highest BCUT2D eigenvalue weighted by molar-refractivity contribution is 7.91. The number of ether oxygens (including phenoxy) is 1. The Morgan fingerprint density at radius 3 is 2.55 bits per heavy atom.